The van der Waals surface area contributed by atoms with Crippen molar-refractivity contribution in [3.8, 4) is 0 Å². The number of rotatable bonds is 3. The first-order valence-electron chi connectivity index (χ1n) is 5.93. The van der Waals surface area contributed by atoms with Crippen LogP contribution in [0.5, 0.6) is 0 Å². The molecular formula is C11H17ClN4O. The van der Waals surface area contributed by atoms with Crippen molar-refractivity contribution in [2.75, 3.05) is 5.88 Å². The fraction of sp³-hybridized carbons (Fsp3) is 0.727. The van der Waals surface area contributed by atoms with E-state index in [2.05, 4.69) is 20.5 Å². The summed E-state index contributed by atoms with van der Waals surface area (Å²) in [6.07, 6.45) is 3.98. The van der Waals surface area contributed by atoms with Gasteiger partial charge in [-0.3, -0.25) is 9.89 Å². The van der Waals surface area contributed by atoms with Gasteiger partial charge in [-0.2, -0.15) is 5.10 Å². The normalized spacial score (nSPS) is 24.6. The Morgan fingerprint density at radius 3 is 2.71 bits per heavy atom. The third-order valence-electron chi connectivity index (χ3n) is 3.19. The zero-order chi connectivity index (χ0) is 12.3. The van der Waals surface area contributed by atoms with Crippen LogP contribution in [0.1, 0.15) is 43.3 Å². The largest absolute Gasteiger partial charge is 0.352 e. The summed E-state index contributed by atoms with van der Waals surface area (Å²) < 4.78 is 0. The predicted molar refractivity (Wildman–Crippen MR) is 65.0 cm³/mol. The van der Waals surface area contributed by atoms with Crippen LogP contribution < -0.4 is 5.32 Å². The maximum atomic E-state index is 11.2. The van der Waals surface area contributed by atoms with Crippen molar-refractivity contribution in [2.24, 2.45) is 0 Å². The second-order valence-electron chi connectivity index (χ2n) is 4.53. The number of aromatic amines is 1. The van der Waals surface area contributed by atoms with Crippen molar-refractivity contribution >= 4 is 17.5 Å². The van der Waals surface area contributed by atoms with Gasteiger partial charge in [-0.05, 0) is 32.6 Å². The minimum Gasteiger partial charge on any atom is -0.352 e. The van der Waals surface area contributed by atoms with Crippen LogP contribution in [-0.2, 0) is 4.79 Å². The van der Waals surface area contributed by atoms with E-state index in [9.17, 15) is 4.79 Å². The average molecular weight is 257 g/mol. The summed E-state index contributed by atoms with van der Waals surface area (Å²) in [5, 5.41) is 9.99. The zero-order valence-corrected chi connectivity index (χ0v) is 10.6. The van der Waals surface area contributed by atoms with E-state index in [0.29, 0.717) is 5.92 Å². The van der Waals surface area contributed by atoms with Gasteiger partial charge in [-0.1, -0.05) is 0 Å². The molecule has 0 spiro atoms. The summed E-state index contributed by atoms with van der Waals surface area (Å²) >= 11 is 5.46. The predicted octanol–water partition coefficient (Wildman–Crippen LogP) is 1.49. The minimum absolute atomic E-state index is 0.0417. The third kappa shape index (κ3) is 3.19. The van der Waals surface area contributed by atoms with E-state index in [1.54, 1.807) is 0 Å². The SMILES string of the molecule is Cc1nc(C2CCC(NC(=O)CCl)CC2)n[nH]1. The fourth-order valence-electron chi connectivity index (χ4n) is 2.30. The molecule has 1 aliphatic rings. The minimum atomic E-state index is -0.0798. The van der Waals surface area contributed by atoms with Crippen LogP contribution in [0.3, 0.4) is 0 Å². The number of H-pyrrole nitrogens is 1. The highest BCUT2D eigenvalue weighted by Crippen LogP contribution is 2.30. The highest BCUT2D eigenvalue weighted by atomic mass is 35.5. The Morgan fingerprint density at radius 2 is 2.18 bits per heavy atom. The number of carbonyl (C=O) groups is 1. The molecule has 0 saturated heterocycles. The summed E-state index contributed by atoms with van der Waals surface area (Å²) in [7, 11) is 0. The molecule has 0 aromatic carbocycles. The number of hydrogen-bond donors (Lipinski definition) is 2. The van der Waals surface area contributed by atoms with Crippen molar-refractivity contribution in [3.63, 3.8) is 0 Å². The van der Waals surface area contributed by atoms with E-state index >= 15 is 0 Å². The number of amides is 1. The van der Waals surface area contributed by atoms with Crippen LogP contribution in [0.4, 0.5) is 0 Å². The van der Waals surface area contributed by atoms with Gasteiger partial charge in [-0.25, -0.2) is 4.98 Å². The van der Waals surface area contributed by atoms with Crippen LogP contribution in [0, 0.1) is 6.92 Å². The van der Waals surface area contributed by atoms with Gasteiger partial charge in [0.05, 0.1) is 0 Å². The maximum absolute atomic E-state index is 11.2. The molecule has 1 aromatic heterocycles. The lowest BCUT2D eigenvalue weighted by Crippen LogP contribution is -2.38. The van der Waals surface area contributed by atoms with E-state index < -0.39 is 0 Å². The Morgan fingerprint density at radius 1 is 1.47 bits per heavy atom. The average Bonchev–Trinajstić information content (AvgIpc) is 2.77. The van der Waals surface area contributed by atoms with Gasteiger partial charge in [0.2, 0.25) is 5.91 Å². The smallest absolute Gasteiger partial charge is 0.235 e. The molecule has 2 rings (SSSR count). The van der Waals surface area contributed by atoms with E-state index in [1.807, 2.05) is 6.92 Å². The number of halogens is 1. The lowest BCUT2D eigenvalue weighted by atomic mass is 9.85. The van der Waals surface area contributed by atoms with Crippen molar-refractivity contribution < 1.29 is 4.79 Å². The van der Waals surface area contributed by atoms with Crippen LogP contribution >= 0.6 is 11.6 Å². The number of nitrogens with one attached hydrogen (secondary N) is 2. The fourth-order valence-corrected chi connectivity index (χ4v) is 2.38. The summed E-state index contributed by atoms with van der Waals surface area (Å²) in [6, 6.07) is 0.262. The molecule has 1 fully saturated rings. The van der Waals surface area contributed by atoms with Crippen molar-refractivity contribution in [1.29, 1.82) is 0 Å². The lowest BCUT2D eigenvalue weighted by molar-refractivity contribution is -0.119. The summed E-state index contributed by atoms with van der Waals surface area (Å²) in [6.45, 7) is 1.91. The van der Waals surface area contributed by atoms with E-state index in [1.165, 1.54) is 0 Å². The summed E-state index contributed by atoms with van der Waals surface area (Å²) in [5.74, 6) is 2.15. The van der Waals surface area contributed by atoms with E-state index in [4.69, 9.17) is 11.6 Å². The van der Waals surface area contributed by atoms with E-state index in [-0.39, 0.29) is 17.8 Å². The van der Waals surface area contributed by atoms with Crippen molar-refractivity contribution in [2.45, 2.75) is 44.6 Å². The zero-order valence-electron chi connectivity index (χ0n) is 9.87. The Kier molecular flexibility index (Phi) is 3.99. The van der Waals surface area contributed by atoms with Gasteiger partial charge in [0.15, 0.2) is 5.82 Å². The van der Waals surface area contributed by atoms with Gasteiger partial charge in [0.1, 0.15) is 11.7 Å². The first kappa shape index (κ1) is 12.4. The molecule has 0 radical (unpaired) electrons. The Hall–Kier alpha value is -1.10. The van der Waals surface area contributed by atoms with Gasteiger partial charge in [0, 0.05) is 12.0 Å². The number of nitrogens with zero attached hydrogens (tertiary/aromatic N) is 2. The molecule has 0 aliphatic heterocycles. The maximum Gasteiger partial charge on any atom is 0.235 e. The van der Waals surface area contributed by atoms with Crippen LogP contribution in [0.15, 0.2) is 0 Å². The van der Waals surface area contributed by atoms with Gasteiger partial charge in [0.25, 0.3) is 0 Å². The van der Waals surface area contributed by atoms with Crippen LogP contribution in [0.2, 0.25) is 0 Å². The molecule has 0 bridgehead atoms. The highest BCUT2D eigenvalue weighted by Gasteiger charge is 2.25. The molecule has 94 valence electrons. The first-order chi connectivity index (χ1) is 8.19. The Bertz CT molecular complexity index is 385. The van der Waals surface area contributed by atoms with Gasteiger partial charge in [-0.15, -0.1) is 11.6 Å². The molecule has 2 N–H and O–H groups in total. The number of carbonyl (C=O) groups excluding carboxylic acids is 1. The van der Waals surface area contributed by atoms with Gasteiger partial charge >= 0.3 is 0 Å². The topological polar surface area (TPSA) is 70.7 Å². The lowest BCUT2D eigenvalue weighted by Gasteiger charge is -2.27. The van der Waals surface area contributed by atoms with Crippen LogP contribution in [-0.4, -0.2) is 33.0 Å². The number of alkyl halides is 1. The molecule has 0 atom stereocenters. The standard InChI is InChI=1S/C11H17ClN4O/c1-7-13-11(16-15-7)8-2-4-9(5-3-8)14-10(17)6-12/h8-9H,2-6H2,1H3,(H,14,17)(H,13,15,16). The van der Waals surface area contributed by atoms with Crippen molar-refractivity contribution in [3.05, 3.63) is 11.6 Å². The Labute approximate surface area is 105 Å². The molecule has 1 amide bonds. The molecule has 1 saturated carbocycles. The van der Waals surface area contributed by atoms with Crippen molar-refractivity contribution in [1.82, 2.24) is 20.5 Å². The Balaban J connectivity index is 1.84. The first-order valence-corrected chi connectivity index (χ1v) is 6.46. The molecule has 1 aromatic rings. The monoisotopic (exact) mass is 256 g/mol. The summed E-state index contributed by atoms with van der Waals surface area (Å²) in [4.78, 5) is 15.5. The number of hydrogen-bond acceptors (Lipinski definition) is 3. The van der Waals surface area contributed by atoms with Gasteiger partial charge < -0.3 is 5.32 Å². The highest BCUT2D eigenvalue weighted by molar-refractivity contribution is 6.27. The molecule has 5 nitrogen and oxygen atoms in total. The van der Waals surface area contributed by atoms with E-state index in [0.717, 1.165) is 37.3 Å². The molecule has 0 unspecified atom stereocenters. The molecule has 1 heterocycles. The summed E-state index contributed by atoms with van der Waals surface area (Å²) in [5.41, 5.74) is 0. The second kappa shape index (κ2) is 5.49. The molecule has 6 heteroatoms. The molecule has 1 aliphatic carbocycles. The quantitative estimate of drug-likeness (QED) is 0.805. The second-order valence-corrected chi connectivity index (χ2v) is 4.80. The molecular weight excluding hydrogens is 240 g/mol. The molecule has 17 heavy (non-hydrogen) atoms. The van der Waals surface area contributed by atoms with Crippen LogP contribution in [0.25, 0.3) is 0 Å². The number of aryl methyl sites for hydroxylation is 1. The third-order valence-corrected chi connectivity index (χ3v) is 3.44. The number of aromatic nitrogens is 3.